The lowest BCUT2D eigenvalue weighted by Gasteiger charge is -2.20. The highest BCUT2D eigenvalue weighted by Crippen LogP contribution is 2.44. The number of fused-ring (bicyclic) bond motifs is 3. The Morgan fingerprint density at radius 3 is 2.32 bits per heavy atom. The minimum absolute atomic E-state index is 0.0382. The Morgan fingerprint density at radius 1 is 1.03 bits per heavy atom. The summed E-state index contributed by atoms with van der Waals surface area (Å²) in [5, 5.41) is 23.5. The van der Waals surface area contributed by atoms with Gasteiger partial charge in [-0.05, 0) is 28.7 Å². The van der Waals surface area contributed by atoms with Gasteiger partial charge in [-0.15, -0.1) is 0 Å². The van der Waals surface area contributed by atoms with E-state index in [2.05, 4.69) is 22.8 Å². The van der Waals surface area contributed by atoms with Gasteiger partial charge in [-0.25, -0.2) is 4.79 Å². The van der Waals surface area contributed by atoms with Crippen LogP contribution in [0.25, 0.3) is 11.1 Å². The molecule has 2 amide bonds. The number of rotatable bonds is 9. The van der Waals surface area contributed by atoms with Crippen molar-refractivity contribution < 1.29 is 34.1 Å². The topological polar surface area (TPSA) is 134 Å². The summed E-state index contributed by atoms with van der Waals surface area (Å²) in [7, 11) is 0. The van der Waals surface area contributed by atoms with Gasteiger partial charge in [0, 0.05) is 31.5 Å². The summed E-state index contributed by atoms with van der Waals surface area (Å²) in [4.78, 5) is 35.4. The van der Waals surface area contributed by atoms with Gasteiger partial charge in [0.05, 0.1) is 12.5 Å². The molecule has 34 heavy (non-hydrogen) atoms. The van der Waals surface area contributed by atoms with Crippen molar-refractivity contribution in [2.45, 2.75) is 31.0 Å². The number of ether oxygens (including phenoxy) is 2. The number of hydrogen-bond donors (Lipinski definition) is 4. The van der Waals surface area contributed by atoms with Crippen LogP contribution in [0.1, 0.15) is 29.9 Å². The Balaban J connectivity index is 1.26. The first-order valence-corrected chi connectivity index (χ1v) is 11.3. The van der Waals surface area contributed by atoms with Gasteiger partial charge in [-0.2, -0.15) is 0 Å². The zero-order chi connectivity index (χ0) is 24.1. The quantitative estimate of drug-likeness (QED) is 0.441. The summed E-state index contributed by atoms with van der Waals surface area (Å²) in [6.07, 6.45) is -2.41. The second-order valence-corrected chi connectivity index (χ2v) is 8.54. The van der Waals surface area contributed by atoms with Gasteiger partial charge >= 0.3 is 12.1 Å². The predicted molar refractivity (Wildman–Crippen MR) is 122 cm³/mol. The number of aliphatic hydroxyl groups is 1. The van der Waals surface area contributed by atoms with E-state index in [1.54, 1.807) is 0 Å². The fourth-order valence-electron chi connectivity index (χ4n) is 4.59. The van der Waals surface area contributed by atoms with Gasteiger partial charge in [-0.1, -0.05) is 48.5 Å². The molecule has 4 rings (SSSR count). The van der Waals surface area contributed by atoms with Crippen LogP contribution >= 0.6 is 0 Å². The second-order valence-electron chi connectivity index (χ2n) is 8.54. The molecule has 0 spiro atoms. The van der Waals surface area contributed by atoms with Crippen molar-refractivity contribution in [3.63, 3.8) is 0 Å². The molecule has 1 unspecified atom stereocenters. The number of amides is 2. The number of benzene rings is 2. The lowest BCUT2D eigenvalue weighted by Crippen LogP contribution is -2.44. The molecule has 1 heterocycles. The maximum absolute atomic E-state index is 12.4. The number of carboxylic acids is 1. The van der Waals surface area contributed by atoms with Crippen LogP contribution in [0, 0.1) is 5.92 Å². The Labute approximate surface area is 197 Å². The average molecular weight is 469 g/mol. The van der Waals surface area contributed by atoms with Gasteiger partial charge in [-0.3, -0.25) is 9.59 Å². The van der Waals surface area contributed by atoms with E-state index >= 15 is 0 Å². The number of carbonyl (C=O) groups is 3. The van der Waals surface area contributed by atoms with E-state index in [0.717, 1.165) is 22.3 Å². The molecule has 2 aromatic carbocycles. The molecule has 0 bridgehead atoms. The molecule has 1 fully saturated rings. The smallest absolute Gasteiger partial charge is 0.407 e. The molecule has 0 radical (unpaired) electrons. The Bertz CT molecular complexity index is 1010. The standard InChI is InChI=1S/C25H28N2O7/c28-16(11-22(29)30)13-26-24(31)23-15(9-10-33-23)12-27-25(32)34-14-21-19-7-3-1-5-17(19)18-6-2-4-8-20(18)21/h1-8,15-16,21,23,28H,9-14H2,(H,26,31)(H,27,32)(H,29,30)/t15-,16?,23-/m1/s1. The predicted octanol–water partition coefficient (Wildman–Crippen LogP) is 1.88. The second kappa shape index (κ2) is 10.7. The van der Waals surface area contributed by atoms with E-state index in [1.807, 2.05) is 36.4 Å². The number of aliphatic hydroxyl groups excluding tert-OH is 1. The molecule has 2 aliphatic rings. The van der Waals surface area contributed by atoms with Crippen molar-refractivity contribution in [3.05, 3.63) is 59.7 Å². The highest BCUT2D eigenvalue weighted by atomic mass is 16.5. The van der Waals surface area contributed by atoms with Gasteiger partial charge in [0.25, 0.3) is 0 Å². The monoisotopic (exact) mass is 468 g/mol. The molecule has 1 saturated heterocycles. The third-order valence-electron chi connectivity index (χ3n) is 6.25. The first-order valence-electron chi connectivity index (χ1n) is 11.3. The Hall–Kier alpha value is -3.43. The molecule has 0 aromatic heterocycles. The Morgan fingerprint density at radius 2 is 1.68 bits per heavy atom. The number of hydrogen-bond acceptors (Lipinski definition) is 6. The van der Waals surface area contributed by atoms with Gasteiger partial charge in [0.15, 0.2) is 0 Å². The van der Waals surface area contributed by atoms with Crippen LogP contribution in [0.2, 0.25) is 0 Å². The van der Waals surface area contributed by atoms with E-state index in [1.165, 1.54) is 0 Å². The normalized spacial score (nSPS) is 19.7. The van der Waals surface area contributed by atoms with Crippen LogP contribution in [-0.2, 0) is 19.1 Å². The Kier molecular flexibility index (Phi) is 7.44. The molecule has 1 aliphatic heterocycles. The van der Waals surface area contributed by atoms with E-state index in [4.69, 9.17) is 14.6 Å². The largest absolute Gasteiger partial charge is 0.481 e. The van der Waals surface area contributed by atoms with Gasteiger partial charge in [0.2, 0.25) is 5.91 Å². The van der Waals surface area contributed by atoms with Crippen LogP contribution in [0.15, 0.2) is 48.5 Å². The first kappa shape index (κ1) is 23.7. The minimum Gasteiger partial charge on any atom is -0.481 e. The zero-order valence-electron chi connectivity index (χ0n) is 18.6. The first-order chi connectivity index (χ1) is 16.4. The van der Waals surface area contributed by atoms with Crippen molar-refractivity contribution in [1.29, 1.82) is 0 Å². The summed E-state index contributed by atoms with van der Waals surface area (Å²) < 4.78 is 11.0. The SMILES string of the molecule is O=C(O)CC(O)CNC(=O)[C@@H]1OCC[C@@H]1CNC(=O)OCC1c2ccccc2-c2ccccc21. The van der Waals surface area contributed by atoms with Crippen LogP contribution in [0.5, 0.6) is 0 Å². The summed E-state index contributed by atoms with van der Waals surface area (Å²) in [5.74, 6) is -1.88. The van der Waals surface area contributed by atoms with Crippen LogP contribution in [0.3, 0.4) is 0 Å². The van der Waals surface area contributed by atoms with E-state index in [-0.39, 0.29) is 31.5 Å². The summed E-state index contributed by atoms with van der Waals surface area (Å²) in [6.45, 7) is 0.586. The third kappa shape index (κ3) is 5.37. The number of nitrogens with one attached hydrogen (secondary N) is 2. The number of alkyl carbamates (subject to hydrolysis) is 1. The van der Waals surface area contributed by atoms with Crippen LogP contribution in [0.4, 0.5) is 4.79 Å². The number of carbonyl (C=O) groups excluding carboxylic acids is 2. The lowest BCUT2D eigenvalue weighted by atomic mass is 9.98. The van der Waals surface area contributed by atoms with Gasteiger partial charge in [0.1, 0.15) is 12.7 Å². The maximum atomic E-state index is 12.4. The van der Waals surface area contributed by atoms with Crippen molar-refractivity contribution >= 4 is 18.0 Å². The van der Waals surface area contributed by atoms with Crippen LogP contribution < -0.4 is 10.6 Å². The van der Waals surface area contributed by atoms with E-state index < -0.39 is 36.6 Å². The maximum Gasteiger partial charge on any atom is 0.407 e. The third-order valence-corrected chi connectivity index (χ3v) is 6.25. The summed E-state index contributed by atoms with van der Waals surface area (Å²) in [5.41, 5.74) is 4.56. The van der Waals surface area contributed by atoms with Crippen molar-refractivity contribution in [2.75, 3.05) is 26.3 Å². The summed E-state index contributed by atoms with van der Waals surface area (Å²) in [6, 6.07) is 16.2. The molecule has 3 atom stereocenters. The molecule has 0 saturated carbocycles. The molecule has 9 nitrogen and oxygen atoms in total. The molecule has 180 valence electrons. The van der Waals surface area contributed by atoms with Crippen molar-refractivity contribution in [1.82, 2.24) is 10.6 Å². The molecular formula is C25H28N2O7. The summed E-state index contributed by atoms with van der Waals surface area (Å²) >= 11 is 0. The molecule has 9 heteroatoms. The van der Waals surface area contributed by atoms with Gasteiger partial charge < -0.3 is 30.3 Å². The lowest BCUT2D eigenvalue weighted by molar-refractivity contribution is -0.140. The number of carboxylic acid groups (broad SMARTS) is 1. The zero-order valence-corrected chi connectivity index (χ0v) is 18.6. The van der Waals surface area contributed by atoms with E-state index in [9.17, 15) is 19.5 Å². The van der Waals surface area contributed by atoms with Crippen molar-refractivity contribution in [3.8, 4) is 11.1 Å². The van der Waals surface area contributed by atoms with Crippen molar-refractivity contribution in [2.24, 2.45) is 5.92 Å². The van der Waals surface area contributed by atoms with Crippen LogP contribution in [-0.4, -0.2) is 66.7 Å². The fraction of sp³-hybridized carbons (Fsp3) is 0.400. The molecule has 4 N–H and O–H groups in total. The average Bonchev–Trinajstić information content (AvgIpc) is 3.42. The van der Waals surface area contributed by atoms with E-state index in [0.29, 0.717) is 13.0 Å². The highest BCUT2D eigenvalue weighted by molar-refractivity contribution is 5.82. The minimum atomic E-state index is -1.18. The molecule has 1 aliphatic carbocycles. The molecular weight excluding hydrogens is 440 g/mol. The number of aliphatic carboxylic acids is 1. The molecule has 2 aromatic rings. The highest BCUT2D eigenvalue weighted by Gasteiger charge is 2.35. The fourth-order valence-corrected chi connectivity index (χ4v) is 4.59.